The second-order valence-electron chi connectivity index (χ2n) is 4.44. The van der Waals surface area contributed by atoms with E-state index in [4.69, 9.17) is 0 Å². The van der Waals surface area contributed by atoms with E-state index in [0.717, 1.165) is 12.1 Å². The van der Waals surface area contributed by atoms with Crippen molar-refractivity contribution in [3.05, 3.63) is 54.6 Å². The fourth-order valence-electron chi connectivity index (χ4n) is 2.21. The summed E-state index contributed by atoms with van der Waals surface area (Å²) in [6, 6.07) is 11.2. The first-order valence-electron chi connectivity index (χ1n) is 5.93. The Morgan fingerprint density at radius 1 is 1.38 bits per heavy atom. The van der Waals surface area contributed by atoms with Gasteiger partial charge in [-0.1, -0.05) is 42.5 Å². The molecule has 1 aliphatic heterocycles. The quantitative estimate of drug-likeness (QED) is 0.690. The molecule has 1 unspecified atom stereocenters. The highest BCUT2D eigenvalue weighted by Crippen LogP contribution is 2.25. The summed E-state index contributed by atoms with van der Waals surface area (Å²) in [6.07, 6.45) is 6.94. The molecular weight excluding hydrogens is 194 g/mol. The molecule has 1 fully saturated rings. The molecule has 1 aromatic rings. The highest BCUT2D eigenvalue weighted by atomic mass is 15.2. The van der Waals surface area contributed by atoms with Gasteiger partial charge in [-0.3, -0.25) is 0 Å². The van der Waals surface area contributed by atoms with Gasteiger partial charge in [0.25, 0.3) is 0 Å². The maximum Gasteiger partial charge on any atom is 0.0476 e. The zero-order valence-electron chi connectivity index (χ0n) is 9.89. The number of hydrogen-bond acceptors (Lipinski definition) is 1. The van der Waals surface area contributed by atoms with E-state index in [1.54, 1.807) is 0 Å². The van der Waals surface area contributed by atoms with E-state index in [1.807, 2.05) is 6.92 Å². The second kappa shape index (κ2) is 5.02. The minimum absolute atomic E-state index is 0.541. The van der Waals surface area contributed by atoms with Crippen molar-refractivity contribution in [3.63, 3.8) is 0 Å². The Hall–Kier alpha value is -1.50. The van der Waals surface area contributed by atoms with Crippen LogP contribution in [0.1, 0.15) is 19.8 Å². The first-order valence-corrected chi connectivity index (χ1v) is 5.93. The van der Waals surface area contributed by atoms with E-state index in [2.05, 4.69) is 54.0 Å². The smallest absolute Gasteiger partial charge is 0.0476 e. The van der Waals surface area contributed by atoms with Crippen LogP contribution in [0.3, 0.4) is 0 Å². The van der Waals surface area contributed by atoms with Crippen LogP contribution in [0.15, 0.2) is 54.6 Å². The molecule has 84 valence electrons. The number of rotatable bonds is 3. The molecule has 16 heavy (non-hydrogen) atoms. The predicted molar refractivity (Wildman–Crippen MR) is 70.8 cm³/mol. The number of nitrogens with zero attached hydrogens (tertiary/aromatic N) is 1. The Morgan fingerprint density at radius 3 is 2.81 bits per heavy atom. The minimum atomic E-state index is 0.541. The normalized spacial score (nSPS) is 20.6. The molecule has 0 bridgehead atoms. The Kier molecular flexibility index (Phi) is 3.45. The average molecular weight is 213 g/mol. The van der Waals surface area contributed by atoms with E-state index < -0.39 is 0 Å². The summed E-state index contributed by atoms with van der Waals surface area (Å²) in [7, 11) is 0. The Morgan fingerprint density at radius 2 is 2.12 bits per heavy atom. The molecule has 1 nitrogen and oxygen atoms in total. The molecule has 2 rings (SSSR count). The van der Waals surface area contributed by atoms with Crippen LogP contribution >= 0.6 is 0 Å². The van der Waals surface area contributed by atoms with Gasteiger partial charge in [0.2, 0.25) is 0 Å². The predicted octanol–water partition coefficient (Wildman–Crippen LogP) is 3.79. The van der Waals surface area contributed by atoms with E-state index in [-0.39, 0.29) is 0 Å². The Balaban J connectivity index is 2.12. The van der Waals surface area contributed by atoms with Crippen LogP contribution in [0.4, 0.5) is 5.69 Å². The fraction of sp³-hybridized carbons (Fsp3) is 0.333. The third-order valence-electron chi connectivity index (χ3n) is 2.99. The van der Waals surface area contributed by atoms with E-state index >= 15 is 0 Å². The first-order chi connectivity index (χ1) is 7.77. The van der Waals surface area contributed by atoms with Crippen LogP contribution in [-0.4, -0.2) is 12.6 Å². The van der Waals surface area contributed by atoms with Gasteiger partial charge >= 0.3 is 0 Å². The van der Waals surface area contributed by atoms with Crippen molar-refractivity contribution in [1.29, 1.82) is 0 Å². The highest BCUT2D eigenvalue weighted by molar-refractivity contribution is 5.49. The van der Waals surface area contributed by atoms with E-state index in [9.17, 15) is 0 Å². The molecule has 1 heterocycles. The maximum absolute atomic E-state index is 3.91. The molecule has 0 amide bonds. The minimum Gasteiger partial charge on any atom is -0.365 e. The van der Waals surface area contributed by atoms with Gasteiger partial charge < -0.3 is 4.90 Å². The van der Waals surface area contributed by atoms with Gasteiger partial charge in [-0.15, -0.1) is 0 Å². The van der Waals surface area contributed by atoms with Crippen LogP contribution in [-0.2, 0) is 0 Å². The van der Waals surface area contributed by atoms with Crippen LogP contribution in [0.25, 0.3) is 0 Å². The molecule has 1 atom stereocenters. The Labute approximate surface area is 98.1 Å². The third-order valence-corrected chi connectivity index (χ3v) is 2.99. The third kappa shape index (κ3) is 2.54. The van der Waals surface area contributed by atoms with Crippen molar-refractivity contribution < 1.29 is 0 Å². The van der Waals surface area contributed by atoms with Crippen molar-refractivity contribution in [2.45, 2.75) is 25.8 Å². The van der Waals surface area contributed by atoms with Crippen molar-refractivity contribution in [3.8, 4) is 0 Å². The second-order valence-corrected chi connectivity index (χ2v) is 4.44. The zero-order valence-corrected chi connectivity index (χ0v) is 9.89. The van der Waals surface area contributed by atoms with E-state index in [1.165, 1.54) is 18.5 Å². The number of para-hydroxylation sites is 1. The first kappa shape index (κ1) is 11.0. The van der Waals surface area contributed by atoms with Gasteiger partial charge in [-0.2, -0.15) is 0 Å². The van der Waals surface area contributed by atoms with Crippen molar-refractivity contribution in [2.24, 2.45) is 0 Å². The fourth-order valence-corrected chi connectivity index (χ4v) is 2.21. The largest absolute Gasteiger partial charge is 0.365 e. The van der Waals surface area contributed by atoms with E-state index in [0.29, 0.717) is 6.04 Å². The topological polar surface area (TPSA) is 3.24 Å². The summed E-state index contributed by atoms with van der Waals surface area (Å²) < 4.78 is 0. The zero-order chi connectivity index (χ0) is 11.4. The lowest BCUT2D eigenvalue weighted by Crippen LogP contribution is -2.27. The van der Waals surface area contributed by atoms with Gasteiger partial charge in [-0.05, 0) is 31.9 Å². The van der Waals surface area contributed by atoms with Crippen LogP contribution in [0.2, 0.25) is 0 Å². The van der Waals surface area contributed by atoms with Crippen molar-refractivity contribution in [1.82, 2.24) is 0 Å². The lowest BCUT2D eigenvalue weighted by molar-refractivity contribution is 0.805. The lowest BCUT2D eigenvalue weighted by Gasteiger charge is -2.24. The molecule has 0 radical (unpaired) electrons. The summed E-state index contributed by atoms with van der Waals surface area (Å²) in [4.78, 5) is 2.47. The van der Waals surface area contributed by atoms with Crippen LogP contribution in [0.5, 0.6) is 0 Å². The average Bonchev–Trinajstić information content (AvgIpc) is 2.75. The molecule has 0 aliphatic carbocycles. The molecule has 1 aliphatic rings. The molecule has 1 aromatic carbocycles. The highest BCUT2D eigenvalue weighted by Gasteiger charge is 2.21. The summed E-state index contributed by atoms with van der Waals surface area (Å²) in [6.45, 7) is 7.11. The SMILES string of the molecule is C=C(C)/C=C/C1CCCN1c1ccccc1. The summed E-state index contributed by atoms with van der Waals surface area (Å²) in [5, 5.41) is 0. The molecule has 0 saturated carbocycles. The number of allylic oxidation sites excluding steroid dienone is 2. The molecular formula is C15H19N. The molecule has 0 spiro atoms. The number of benzene rings is 1. The summed E-state index contributed by atoms with van der Waals surface area (Å²) in [5.74, 6) is 0. The van der Waals surface area contributed by atoms with Gasteiger partial charge in [0.05, 0.1) is 0 Å². The molecule has 0 aromatic heterocycles. The number of hydrogen-bond donors (Lipinski definition) is 0. The van der Waals surface area contributed by atoms with Crippen molar-refractivity contribution >= 4 is 5.69 Å². The van der Waals surface area contributed by atoms with Crippen LogP contribution in [0, 0.1) is 0 Å². The molecule has 1 heteroatoms. The van der Waals surface area contributed by atoms with Crippen LogP contribution < -0.4 is 4.90 Å². The summed E-state index contributed by atoms with van der Waals surface area (Å²) >= 11 is 0. The van der Waals surface area contributed by atoms with Gasteiger partial charge in [0.1, 0.15) is 0 Å². The monoisotopic (exact) mass is 213 g/mol. The lowest BCUT2D eigenvalue weighted by atomic mass is 10.1. The standard InChI is InChI=1S/C15H19N/c1-13(2)10-11-15-9-6-12-16(15)14-7-4-3-5-8-14/h3-5,7-8,10-11,15H,1,6,9,12H2,2H3/b11-10+. The maximum atomic E-state index is 3.91. The number of anilines is 1. The van der Waals surface area contributed by atoms with Gasteiger partial charge in [-0.25, -0.2) is 0 Å². The van der Waals surface area contributed by atoms with Crippen molar-refractivity contribution in [2.75, 3.05) is 11.4 Å². The molecule has 1 saturated heterocycles. The van der Waals surface area contributed by atoms with Gasteiger partial charge in [0.15, 0.2) is 0 Å². The Bertz CT molecular complexity index is 378. The van der Waals surface area contributed by atoms with Gasteiger partial charge in [0, 0.05) is 18.3 Å². The summed E-state index contributed by atoms with van der Waals surface area (Å²) in [5.41, 5.74) is 2.45. The molecule has 0 N–H and O–H groups in total.